The Labute approximate surface area is 103 Å². The van der Waals surface area contributed by atoms with Gasteiger partial charge in [0.15, 0.2) is 5.82 Å². The molecule has 1 aromatic heterocycles. The van der Waals surface area contributed by atoms with Crippen LogP contribution in [0.25, 0.3) is 11.5 Å². The standard InChI is InChI=1S/C10H9Cl2N3O/c1-13-5-9-14-10(16-15-9)7-3-2-6(11)4-8(7)12/h2-4,13H,5H2,1H3. The van der Waals surface area contributed by atoms with E-state index in [2.05, 4.69) is 15.5 Å². The molecule has 4 nitrogen and oxygen atoms in total. The van der Waals surface area contributed by atoms with E-state index in [1.807, 2.05) is 7.05 Å². The van der Waals surface area contributed by atoms with Gasteiger partial charge in [-0.05, 0) is 25.2 Å². The molecule has 0 saturated carbocycles. The van der Waals surface area contributed by atoms with Crippen molar-refractivity contribution in [2.75, 3.05) is 7.05 Å². The smallest absolute Gasteiger partial charge is 0.259 e. The zero-order chi connectivity index (χ0) is 11.5. The van der Waals surface area contributed by atoms with Gasteiger partial charge in [0, 0.05) is 5.02 Å². The van der Waals surface area contributed by atoms with Crippen LogP contribution in [0.5, 0.6) is 0 Å². The minimum atomic E-state index is 0.395. The van der Waals surface area contributed by atoms with Crippen LogP contribution < -0.4 is 5.32 Å². The summed E-state index contributed by atoms with van der Waals surface area (Å²) in [4.78, 5) is 4.19. The molecule has 0 bridgehead atoms. The molecule has 0 atom stereocenters. The maximum Gasteiger partial charge on any atom is 0.259 e. The van der Waals surface area contributed by atoms with Crippen molar-refractivity contribution in [3.8, 4) is 11.5 Å². The van der Waals surface area contributed by atoms with E-state index >= 15 is 0 Å². The van der Waals surface area contributed by atoms with E-state index in [1.165, 1.54) is 0 Å². The van der Waals surface area contributed by atoms with Gasteiger partial charge in [0.25, 0.3) is 5.89 Å². The van der Waals surface area contributed by atoms with Crippen LogP contribution in [0.15, 0.2) is 22.7 Å². The highest BCUT2D eigenvalue weighted by Gasteiger charge is 2.11. The third-order valence-corrected chi connectivity index (χ3v) is 2.51. The van der Waals surface area contributed by atoms with Crippen LogP contribution in [-0.4, -0.2) is 17.2 Å². The summed E-state index contributed by atoms with van der Waals surface area (Å²) in [6.45, 7) is 0.550. The van der Waals surface area contributed by atoms with Crippen LogP contribution >= 0.6 is 23.2 Å². The van der Waals surface area contributed by atoms with Gasteiger partial charge >= 0.3 is 0 Å². The highest BCUT2D eigenvalue weighted by atomic mass is 35.5. The molecule has 1 N–H and O–H groups in total. The Kier molecular flexibility index (Phi) is 3.43. The Balaban J connectivity index is 2.35. The van der Waals surface area contributed by atoms with E-state index in [-0.39, 0.29) is 0 Å². The lowest BCUT2D eigenvalue weighted by Gasteiger charge is -1.98. The van der Waals surface area contributed by atoms with Gasteiger partial charge in [0.2, 0.25) is 0 Å². The molecule has 0 radical (unpaired) electrons. The van der Waals surface area contributed by atoms with E-state index < -0.39 is 0 Å². The lowest BCUT2D eigenvalue weighted by molar-refractivity contribution is 0.420. The predicted molar refractivity (Wildman–Crippen MR) is 62.5 cm³/mol. The van der Waals surface area contributed by atoms with Crippen molar-refractivity contribution in [1.82, 2.24) is 15.5 Å². The third kappa shape index (κ3) is 2.35. The molecular formula is C10H9Cl2N3O. The summed E-state index contributed by atoms with van der Waals surface area (Å²) in [6, 6.07) is 5.12. The van der Waals surface area contributed by atoms with Gasteiger partial charge in [0.05, 0.1) is 17.1 Å². The molecule has 0 fully saturated rings. The van der Waals surface area contributed by atoms with Crippen molar-refractivity contribution in [2.45, 2.75) is 6.54 Å². The highest BCUT2D eigenvalue weighted by Crippen LogP contribution is 2.28. The number of rotatable bonds is 3. The fourth-order valence-electron chi connectivity index (χ4n) is 1.26. The van der Waals surface area contributed by atoms with Gasteiger partial charge in [-0.25, -0.2) is 0 Å². The summed E-state index contributed by atoms with van der Waals surface area (Å²) in [5.41, 5.74) is 0.681. The first-order valence-corrected chi connectivity index (χ1v) is 5.39. The van der Waals surface area contributed by atoms with Gasteiger partial charge in [-0.2, -0.15) is 4.98 Å². The van der Waals surface area contributed by atoms with Gasteiger partial charge in [-0.15, -0.1) is 0 Å². The zero-order valence-electron chi connectivity index (χ0n) is 8.50. The number of aromatic nitrogens is 2. The summed E-state index contributed by atoms with van der Waals surface area (Å²) in [5.74, 6) is 0.982. The molecule has 2 rings (SSSR count). The first-order valence-electron chi connectivity index (χ1n) is 4.63. The number of halogens is 2. The summed E-state index contributed by atoms with van der Waals surface area (Å²) in [5, 5.41) is 7.80. The second-order valence-corrected chi connectivity index (χ2v) is 4.01. The molecule has 2 aromatic rings. The number of nitrogens with one attached hydrogen (secondary N) is 1. The van der Waals surface area contributed by atoms with E-state index in [0.29, 0.717) is 33.9 Å². The fraction of sp³-hybridized carbons (Fsp3) is 0.200. The number of hydrogen-bond donors (Lipinski definition) is 1. The molecule has 1 aromatic carbocycles. The van der Waals surface area contributed by atoms with Crippen LogP contribution in [0, 0.1) is 0 Å². The lowest BCUT2D eigenvalue weighted by atomic mass is 10.2. The first kappa shape index (κ1) is 11.4. The SMILES string of the molecule is CNCc1noc(-c2ccc(Cl)cc2Cl)n1. The van der Waals surface area contributed by atoms with Gasteiger partial charge < -0.3 is 9.84 Å². The summed E-state index contributed by atoms with van der Waals surface area (Å²) in [7, 11) is 1.81. The summed E-state index contributed by atoms with van der Waals surface area (Å²) >= 11 is 11.8. The van der Waals surface area contributed by atoms with Crippen molar-refractivity contribution >= 4 is 23.2 Å². The average molecular weight is 258 g/mol. The van der Waals surface area contributed by atoms with Crippen LogP contribution in [0.3, 0.4) is 0 Å². The largest absolute Gasteiger partial charge is 0.334 e. The molecule has 0 spiro atoms. The van der Waals surface area contributed by atoms with Gasteiger partial charge in [-0.1, -0.05) is 28.4 Å². The quantitative estimate of drug-likeness (QED) is 0.919. The van der Waals surface area contributed by atoms with Crippen LogP contribution in [0.2, 0.25) is 10.0 Å². The topological polar surface area (TPSA) is 51.0 Å². The van der Waals surface area contributed by atoms with Crippen molar-refractivity contribution in [3.05, 3.63) is 34.1 Å². The molecule has 0 unspecified atom stereocenters. The molecule has 1 heterocycles. The van der Waals surface area contributed by atoms with Gasteiger partial charge in [-0.3, -0.25) is 0 Å². The molecule has 0 aliphatic rings. The second kappa shape index (κ2) is 4.82. The molecule has 0 aliphatic carbocycles. The fourth-order valence-corrected chi connectivity index (χ4v) is 1.75. The Bertz CT molecular complexity index is 499. The molecule has 0 amide bonds. The van der Waals surface area contributed by atoms with Crippen molar-refractivity contribution in [3.63, 3.8) is 0 Å². The second-order valence-electron chi connectivity index (χ2n) is 3.17. The zero-order valence-corrected chi connectivity index (χ0v) is 10.0. The van der Waals surface area contributed by atoms with Crippen LogP contribution in [0.4, 0.5) is 0 Å². The third-order valence-electron chi connectivity index (χ3n) is 1.96. The Morgan fingerprint density at radius 2 is 2.19 bits per heavy atom. The Morgan fingerprint density at radius 1 is 1.38 bits per heavy atom. The minimum Gasteiger partial charge on any atom is -0.334 e. The maximum atomic E-state index is 6.02. The number of nitrogens with zero attached hydrogens (tertiary/aromatic N) is 2. The van der Waals surface area contributed by atoms with Crippen molar-refractivity contribution in [1.29, 1.82) is 0 Å². The van der Waals surface area contributed by atoms with E-state index in [0.717, 1.165) is 0 Å². The molecule has 0 saturated heterocycles. The number of hydrogen-bond acceptors (Lipinski definition) is 4. The maximum absolute atomic E-state index is 6.02. The Morgan fingerprint density at radius 3 is 2.88 bits per heavy atom. The Hall–Kier alpha value is -1.10. The normalized spacial score (nSPS) is 10.7. The molecule has 0 aliphatic heterocycles. The molecule has 16 heavy (non-hydrogen) atoms. The van der Waals surface area contributed by atoms with E-state index in [1.54, 1.807) is 18.2 Å². The van der Waals surface area contributed by atoms with Crippen molar-refractivity contribution in [2.24, 2.45) is 0 Å². The van der Waals surface area contributed by atoms with Crippen LogP contribution in [-0.2, 0) is 6.54 Å². The van der Waals surface area contributed by atoms with Gasteiger partial charge in [0.1, 0.15) is 0 Å². The first-order chi connectivity index (χ1) is 7.70. The lowest BCUT2D eigenvalue weighted by Crippen LogP contribution is -2.06. The van der Waals surface area contributed by atoms with E-state index in [9.17, 15) is 0 Å². The number of benzene rings is 1. The molecular weight excluding hydrogens is 249 g/mol. The predicted octanol–water partition coefficient (Wildman–Crippen LogP) is 2.76. The highest BCUT2D eigenvalue weighted by molar-refractivity contribution is 6.36. The molecule has 6 heteroatoms. The van der Waals surface area contributed by atoms with E-state index in [4.69, 9.17) is 27.7 Å². The van der Waals surface area contributed by atoms with Crippen molar-refractivity contribution < 1.29 is 4.52 Å². The molecule has 84 valence electrons. The monoisotopic (exact) mass is 257 g/mol. The average Bonchev–Trinajstić information content (AvgIpc) is 2.67. The summed E-state index contributed by atoms with van der Waals surface area (Å²) in [6.07, 6.45) is 0. The summed E-state index contributed by atoms with van der Waals surface area (Å²) < 4.78 is 5.10. The van der Waals surface area contributed by atoms with Crippen LogP contribution in [0.1, 0.15) is 5.82 Å². The minimum absolute atomic E-state index is 0.395.